The number of carbonyl (C=O) groups excluding carboxylic acids is 1. The summed E-state index contributed by atoms with van der Waals surface area (Å²) in [5, 5.41) is 10.2. The zero-order valence-electron chi connectivity index (χ0n) is 17.0. The highest BCUT2D eigenvalue weighted by Gasteiger charge is 2.39. The maximum atomic E-state index is 13.0. The Labute approximate surface area is 182 Å². The highest BCUT2D eigenvalue weighted by molar-refractivity contribution is 7.89. The summed E-state index contributed by atoms with van der Waals surface area (Å²) in [4.78, 5) is 12.9. The fourth-order valence-corrected chi connectivity index (χ4v) is 5.30. The Morgan fingerprint density at radius 1 is 1.16 bits per heavy atom. The number of amides is 1. The molecule has 12 heteroatoms. The monoisotopic (exact) mass is 467 g/mol. The van der Waals surface area contributed by atoms with Gasteiger partial charge in [0.1, 0.15) is 6.04 Å². The van der Waals surface area contributed by atoms with E-state index in [0.29, 0.717) is 12.8 Å². The molecule has 3 aromatic rings. The van der Waals surface area contributed by atoms with Crippen molar-refractivity contribution in [3.8, 4) is 0 Å². The van der Waals surface area contributed by atoms with Gasteiger partial charge in [-0.2, -0.15) is 17.5 Å². The van der Waals surface area contributed by atoms with Crippen molar-refractivity contribution in [1.29, 1.82) is 0 Å². The molecule has 1 saturated heterocycles. The van der Waals surface area contributed by atoms with E-state index in [-0.39, 0.29) is 29.5 Å². The molecule has 0 spiro atoms. The van der Waals surface area contributed by atoms with Gasteiger partial charge in [0.15, 0.2) is 11.5 Å². The number of sulfonamides is 1. The van der Waals surface area contributed by atoms with Gasteiger partial charge in [-0.15, -0.1) is 10.2 Å². The minimum atomic E-state index is -4.53. The van der Waals surface area contributed by atoms with Crippen LogP contribution in [0.15, 0.2) is 47.5 Å². The van der Waals surface area contributed by atoms with Crippen molar-refractivity contribution in [3.63, 3.8) is 0 Å². The van der Waals surface area contributed by atoms with Crippen molar-refractivity contribution in [3.05, 3.63) is 59.5 Å². The van der Waals surface area contributed by atoms with Crippen LogP contribution in [0.1, 0.15) is 29.8 Å². The number of benzene rings is 1. The van der Waals surface area contributed by atoms with Crippen molar-refractivity contribution in [2.75, 3.05) is 6.54 Å². The van der Waals surface area contributed by atoms with Crippen LogP contribution in [0.3, 0.4) is 0 Å². The Kier molecular flexibility index (Phi) is 5.67. The number of carbonyl (C=O) groups is 1. The molecule has 0 aliphatic carbocycles. The first kappa shape index (κ1) is 22.2. The van der Waals surface area contributed by atoms with E-state index in [9.17, 15) is 26.4 Å². The van der Waals surface area contributed by atoms with Crippen LogP contribution in [0.2, 0.25) is 0 Å². The SMILES string of the molecule is Cc1ccc(S(=O)(=O)N2CCC[C@H]2C(=O)NCc2nnc3ccc(C(F)(F)F)cn23)cc1. The van der Waals surface area contributed by atoms with Gasteiger partial charge in [-0.1, -0.05) is 17.7 Å². The second-order valence-electron chi connectivity index (χ2n) is 7.56. The highest BCUT2D eigenvalue weighted by Crippen LogP contribution is 2.29. The lowest BCUT2D eigenvalue weighted by molar-refractivity contribution is -0.137. The van der Waals surface area contributed by atoms with Gasteiger partial charge in [0.25, 0.3) is 0 Å². The zero-order valence-corrected chi connectivity index (χ0v) is 17.8. The van der Waals surface area contributed by atoms with E-state index in [0.717, 1.165) is 26.5 Å². The molecule has 4 rings (SSSR count). The van der Waals surface area contributed by atoms with Crippen molar-refractivity contribution in [2.24, 2.45) is 0 Å². The molecule has 0 bridgehead atoms. The first-order valence-corrected chi connectivity index (χ1v) is 11.3. The number of halogens is 3. The summed E-state index contributed by atoms with van der Waals surface area (Å²) in [6, 6.07) is 7.54. The first-order chi connectivity index (χ1) is 15.1. The third-order valence-corrected chi connectivity index (χ3v) is 7.28. The molecule has 1 aliphatic rings. The molecule has 0 unspecified atom stereocenters. The number of pyridine rings is 1. The predicted octanol–water partition coefficient (Wildman–Crippen LogP) is 2.53. The quantitative estimate of drug-likeness (QED) is 0.622. The zero-order chi connectivity index (χ0) is 23.1. The third kappa shape index (κ3) is 4.19. The van der Waals surface area contributed by atoms with Crippen LogP contribution >= 0.6 is 0 Å². The Balaban J connectivity index is 1.51. The number of hydrogen-bond acceptors (Lipinski definition) is 5. The van der Waals surface area contributed by atoms with Crippen LogP contribution in [0.4, 0.5) is 13.2 Å². The van der Waals surface area contributed by atoms with Gasteiger partial charge in [-0.3, -0.25) is 9.20 Å². The first-order valence-electron chi connectivity index (χ1n) is 9.84. The van der Waals surface area contributed by atoms with E-state index in [1.165, 1.54) is 18.2 Å². The molecular formula is C20H20F3N5O3S. The van der Waals surface area contributed by atoms with Crippen LogP contribution in [0, 0.1) is 6.92 Å². The maximum absolute atomic E-state index is 13.0. The smallest absolute Gasteiger partial charge is 0.347 e. The third-order valence-electron chi connectivity index (χ3n) is 5.35. The maximum Gasteiger partial charge on any atom is 0.417 e. The average Bonchev–Trinajstić information content (AvgIpc) is 3.39. The lowest BCUT2D eigenvalue weighted by Gasteiger charge is -2.23. The minimum absolute atomic E-state index is 0.102. The summed E-state index contributed by atoms with van der Waals surface area (Å²) in [5.74, 6) is -0.438. The summed E-state index contributed by atoms with van der Waals surface area (Å²) in [6.07, 6.45) is -2.81. The summed E-state index contributed by atoms with van der Waals surface area (Å²) in [7, 11) is -3.86. The standard InChI is InChI=1S/C20H20F3N5O3S/c1-13-4-7-15(8-5-13)32(30,31)28-10-2-3-16(28)19(29)24-11-18-26-25-17-9-6-14(12-27(17)18)20(21,22)23/h4-9,12,16H,2-3,10-11H2,1H3,(H,24,29)/t16-/m0/s1. The molecular weight excluding hydrogens is 447 g/mol. The predicted molar refractivity (Wildman–Crippen MR) is 108 cm³/mol. The Bertz CT molecular complexity index is 1260. The average molecular weight is 467 g/mol. The second-order valence-corrected chi connectivity index (χ2v) is 9.46. The number of nitrogens with zero attached hydrogens (tertiary/aromatic N) is 4. The van der Waals surface area contributed by atoms with E-state index in [2.05, 4.69) is 15.5 Å². The molecule has 8 nitrogen and oxygen atoms in total. The van der Waals surface area contributed by atoms with E-state index < -0.39 is 33.7 Å². The molecule has 1 N–H and O–H groups in total. The van der Waals surface area contributed by atoms with Gasteiger partial charge in [-0.05, 0) is 44.0 Å². The number of aryl methyl sites for hydroxylation is 1. The van der Waals surface area contributed by atoms with Crippen molar-refractivity contribution in [2.45, 2.75) is 43.4 Å². The van der Waals surface area contributed by atoms with Crippen LogP contribution in [-0.2, 0) is 27.5 Å². The second kappa shape index (κ2) is 8.17. The number of alkyl halides is 3. The largest absolute Gasteiger partial charge is 0.417 e. The molecule has 0 radical (unpaired) electrons. The molecule has 1 atom stereocenters. The van der Waals surface area contributed by atoms with Gasteiger partial charge in [0.05, 0.1) is 17.0 Å². The van der Waals surface area contributed by atoms with Crippen LogP contribution in [0.25, 0.3) is 5.65 Å². The molecule has 3 heterocycles. The summed E-state index contributed by atoms with van der Waals surface area (Å²) >= 11 is 0. The number of hydrogen-bond donors (Lipinski definition) is 1. The number of nitrogens with one attached hydrogen (secondary N) is 1. The lowest BCUT2D eigenvalue weighted by atomic mass is 10.2. The summed E-state index contributed by atoms with van der Waals surface area (Å²) < 4.78 is 67.3. The van der Waals surface area contributed by atoms with Gasteiger partial charge < -0.3 is 5.32 Å². The Morgan fingerprint density at radius 2 is 1.88 bits per heavy atom. The molecule has 2 aromatic heterocycles. The van der Waals surface area contributed by atoms with Gasteiger partial charge >= 0.3 is 6.18 Å². The Hall–Kier alpha value is -2.99. The molecule has 1 aromatic carbocycles. The Morgan fingerprint density at radius 3 is 2.56 bits per heavy atom. The molecule has 1 aliphatic heterocycles. The number of fused-ring (bicyclic) bond motifs is 1. The molecule has 1 amide bonds. The van der Waals surface area contributed by atoms with E-state index in [4.69, 9.17) is 0 Å². The number of rotatable bonds is 5. The van der Waals surface area contributed by atoms with Crippen molar-refractivity contribution in [1.82, 2.24) is 24.2 Å². The normalized spacial score (nSPS) is 17.7. The fraction of sp³-hybridized carbons (Fsp3) is 0.350. The van der Waals surface area contributed by atoms with Crippen LogP contribution in [0.5, 0.6) is 0 Å². The van der Waals surface area contributed by atoms with Gasteiger partial charge in [-0.25, -0.2) is 8.42 Å². The van der Waals surface area contributed by atoms with E-state index in [1.807, 2.05) is 6.92 Å². The van der Waals surface area contributed by atoms with Gasteiger partial charge in [0, 0.05) is 12.7 Å². The summed E-state index contributed by atoms with van der Waals surface area (Å²) in [5.41, 5.74) is 0.240. The summed E-state index contributed by atoms with van der Waals surface area (Å²) in [6.45, 7) is 1.85. The van der Waals surface area contributed by atoms with Gasteiger partial charge in [0.2, 0.25) is 15.9 Å². The molecule has 1 fully saturated rings. The van der Waals surface area contributed by atoms with E-state index in [1.54, 1.807) is 12.1 Å². The van der Waals surface area contributed by atoms with Crippen molar-refractivity contribution < 1.29 is 26.4 Å². The van der Waals surface area contributed by atoms with Crippen LogP contribution < -0.4 is 5.32 Å². The fourth-order valence-electron chi connectivity index (χ4n) is 3.65. The topological polar surface area (TPSA) is 96.7 Å². The number of aromatic nitrogens is 3. The lowest BCUT2D eigenvalue weighted by Crippen LogP contribution is -2.45. The van der Waals surface area contributed by atoms with Crippen LogP contribution in [-0.4, -0.2) is 45.8 Å². The molecule has 0 saturated carbocycles. The minimum Gasteiger partial charge on any atom is -0.347 e. The van der Waals surface area contributed by atoms with Crippen molar-refractivity contribution >= 4 is 21.6 Å². The van der Waals surface area contributed by atoms with E-state index >= 15 is 0 Å². The highest BCUT2D eigenvalue weighted by atomic mass is 32.2. The molecule has 32 heavy (non-hydrogen) atoms. The molecule has 170 valence electrons.